The first-order valence-corrected chi connectivity index (χ1v) is 5.30. The van der Waals surface area contributed by atoms with Crippen LogP contribution in [-0.4, -0.2) is 13.7 Å². The summed E-state index contributed by atoms with van der Waals surface area (Å²) in [5, 5.41) is 2.74. The number of carbonyl (C=O) groups is 1. The number of hydrogen-bond acceptors (Lipinski definition) is 1. The van der Waals surface area contributed by atoms with Crippen molar-refractivity contribution in [3.63, 3.8) is 0 Å². The van der Waals surface area contributed by atoms with Crippen molar-refractivity contribution < 1.29 is 4.79 Å². The van der Waals surface area contributed by atoms with Gasteiger partial charge in [0.05, 0.1) is 6.04 Å². The Bertz CT molecular complexity index is 380. The minimum Gasteiger partial charge on any atom is -0.359 e. The molecule has 1 aliphatic carbocycles. The van der Waals surface area contributed by atoms with Gasteiger partial charge in [-0.1, -0.05) is 22.0 Å². The van der Waals surface area contributed by atoms with Gasteiger partial charge in [-0.3, -0.25) is 4.79 Å². The maximum atomic E-state index is 10.7. The molecule has 0 fully saturated rings. The molecule has 14 heavy (non-hydrogen) atoms. The molecule has 2 radical (unpaired) electrons. The highest BCUT2D eigenvalue weighted by atomic mass is 79.9. The average molecular weight is 250 g/mol. The van der Waals surface area contributed by atoms with Crippen LogP contribution in [0, 0.1) is 0 Å². The van der Waals surface area contributed by atoms with Gasteiger partial charge in [-0.25, -0.2) is 0 Å². The minimum absolute atomic E-state index is 0.0931. The van der Waals surface area contributed by atoms with Crippen molar-refractivity contribution in [3.05, 3.63) is 33.8 Å². The highest BCUT2D eigenvalue weighted by Crippen LogP contribution is 2.32. The highest BCUT2D eigenvalue weighted by Gasteiger charge is 2.22. The molecule has 1 atom stereocenters. The second-order valence-electron chi connectivity index (χ2n) is 3.44. The fourth-order valence-electron chi connectivity index (χ4n) is 1.91. The number of amides is 1. The monoisotopic (exact) mass is 249 g/mol. The van der Waals surface area contributed by atoms with Crippen molar-refractivity contribution in [2.75, 3.05) is 0 Å². The third-order valence-corrected chi connectivity index (χ3v) is 2.99. The average Bonchev–Trinajstić information content (AvgIpc) is 2.47. The summed E-state index contributed by atoms with van der Waals surface area (Å²) < 4.78 is 1.08. The van der Waals surface area contributed by atoms with Crippen molar-refractivity contribution in [1.82, 2.24) is 5.32 Å². The van der Waals surface area contributed by atoms with E-state index in [-0.39, 0.29) is 6.04 Å². The van der Waals surface area contributed by atoms with E-state index in [1.807, 2.05) is 12.1 Å². The zero-order valence-corrected chi connectivity index (χ0v) is 9.17. The first-order chi connectivity index (χ1) is 6.66. The van der Waals surface area contributed by atoms with Gasteiger partial charge in [0.15, 0.2) is 5.81 Å². The third-order valence-electron chi connectivity index (χ3n) is 2.50. The van der Waals surface area contributed by atoms with Gasteiger partial charge in [-0.15, -0.1) is 0 Å². The quantitative estimate of drug-likeness (QED) is 0.761. The number of carbonyl (C=O) groups excluding carboxylic acids is 1. The molecule has 1 aromatic rings. The smallest absolute Gasteiger partial charge is 0.200 e. The molecule has 0 saturated carbocycles. The number of fused-ring (bicyclic) bond motifs is 1. The Labute approximate surface area is 92.6 Å². The van der Waals surface area contributed by atoms with E-state index in [0.717, 1.165) is 17.3 Å². The molecular formula is C10H9BBrNO. The van der Waals surface area contributed by atoms with Gasteiger partial charge >= 0.3 is 0 Å². The molecule has 0 heterocycles. The standard InChI is InChI=1S/C10H9BBrNO/c11-10(14)13-9-4-1-6-5-7(12)2-3-8(6)9/h2-3,5,9H,1,4H2,(H,13,14). The molecule has 0 aliphatic heterocycles. The topological polar surface area (TPSA) is 29.1 Å². The van der Waals surface area contributed by atoms with E-state index in [2.05, 4.69) is 27.3 Å². The molecule has 4 heteroatoms. The van der Waals surface area contributed by atoms with E-state index in [4.69, 9.17) is 7.85 Å². The Morgan fingerprint density at radius 3 is 3.07 bits per heavy atom. The van der Waals surface area contributed by atoms with Gasteiger partial charge in [0, 0.05) is 4.47 Å². The van der Waals surface area contributed by atoms with Crippen LogP contribution in [0.15, 0.2) is 22.7 Å². The van der Waals surface area contributed by atoms with Crippen LogP contribution in [-0.2, 0) is 6.42 Å². The van der Waals surface area contributed by atoms with E-state index in [9.17, 15) is 4.79 Å². The largest absolute Gasteiger partial charge is 0.359 e. The Balaban J connectivity index is 2.26. The summed E-state index contributed by atoms with van der Waals surface area (Å²) in [7, 11) is 5.10. The summed E-state index contributed by atoms with van der Waals surface area (Å²) in [5.74, 6) is -0.453. The van der Waals surface area contributed by atoms with E-state index in [0.29, 0.717) is 0 Å². The van der Waals surface area contributed by atoms with Crippen molar-refractivity contribution in [2.24, 2.45) is 0 Å². The summed E-state index contributed by atoms with van der Waals surface area (Å²) in [6.45, 7) is 0. The van der Waals surface area contributed by atoms with Crippen LogP contribution in [0.4, 0.5) is 4.79 Å². The number of halogens is 1. The molecule has 0 saturated heterocycles. The van der Waals surface area contributed by atoms with E-state index in [1.165, 1.54) is 11.1 Å². The zero-order chi connectivity index (χ0) is 10.1. The predicted molar refractivity (Wildman–Crippen MR) is 59.5 cm³/mol. The summed E-state index contributed by atoms with van der Waals surface area (Å²) in [4.78, 5) is 10.7. The van der Waals surface area contributed by atoms with Gasteiger partial charge in [0.2, 0.25) is 7.85 Å². The van der Waals surface area contributed by atoms with Gasteiger partial charge in [0.1, 0.15) is 0 Å². The van der Waals surface area contributed by atoms with Gasteiger partial charge in [0.25, 0.3) is 0 Å². The lowest BCUT2D eigenvalue weighted by molar-refractivity contribution is 0.256. The van der Waals surface area contributed by atoms with Crippen LogP contribution in [0.2, 0.25) is 0 Å². The number of benzene rings is 1. The second kappa shape index (κ2) is 3.77. The second-order valence-corrected chi connectivity index (χ2v) is 4.36. The van der Waals surface area contributed by atoms with E-state index >= 15 is 0 Å². The lowest BCUT2D eigenvalue weighted by Gasteiger charge is -2.12. The molecule has 1 aromatic carbocycles. The number of rotatable bonds is 1. The zero-order valence-electron chi connectivity index (χ0n) is 7.59. The molecule has 2 nitrogen and oxygen atoms in total. The Morgan fingerprint density at radius 2 is 2.36 bits per heavy atom. The Hall–Kier alpha value is -0.765. The van der Waals surface area contributed by atoms with Crippen LogP contribution in [0.3, 0.4) is 0 Å². The van der Waals surface area contributed by atoms with E-state index in [1.54, 1.807) is 0 Å². The van der Waals surface area contributed by atoms with Crippen LogP contribution in [0.1, 0.15) is 23.6 Å². The maximum Gasteiger partial charge on any atom is 0.200 e. The highest BCUT2D eigenvalue weighted by molar-refractivity contribution is 9.10. The fraction of sp³-hybridized carbons (Fsp3) is 0.300. The van der Waals surface area contributed by atoms with Gasteiger partial charge in [-0.2, -0.15) is 0 Å². The van der Waals surface area contributed by atoms with Crippen LogP contribution >= 0.6 is 15.9 Å². The summed E-state index contributed by atoms with van der Waals surface area (Å²) >= 11 is 3.42. The number of hydrogen-bond donors (Lipinski definition) is 1. The predicted octanol–water partition coefficient (Wildman–Crippen LogP) is 2.31. The Kier molecular flexibility index (Phi) is 2.63. The van der Waals surface area contributed by atoms with Gasteiger partial charge in [-0.05, 0) is 36.1 Å². The molecule has 0 bridgehead atoms. The SMILES string of the molecule is [B]C(=O)NC1CCc2cc(Br)ccc21. The molecule has 1 unspecified atom stereocenters. The Morgan fingerprint density at radius 1 is 1.57 bits per heavy atom. The first-order valence-electron chi connectivity index (χ1n) is 4.51. The molecular weight excluding hydrogens is 241 g/mol. The number of nitrogens with one attached hydrogen (secondary N) is 1. The van der Waals surface area contributed by atoms with Crippen LogP contribution < -0.4 is 5.32 Å². The van der Waals surface area contributed by atoms with Crippen molar-refractivity contribution >= 4 is 29.6 Å². The molecule has 2 rings (SSSR count). The van der Waals surface area contributed by atoms with Crippen LogP contribution in [0.25, 0.3) is 0 Å². The number of aryl methyl sites for hydroxylation is 1. The maximum absolute atomic E-state index is 10.7. The molecule has 0 aromatic heterocycles. The third kappa shape index (κ3) is 1.85. The molecule has 1 amide bonds. The summed E-state index contributed by atoms with van der Waals surface area (Å²) in [5.41, 5.74) is 2.48. The summed E-state index contributed by atoms with van der Waals surface area (Å²) in [6, 6.07) is 6.21. The van der Waals surface area contributed by atoms with Crippen molar-refractivity contribution in [2.45, 2.75) is 18.9 Å². The van der Waals surface area contributed by atoms with Crippen molar-refractivity contribution in [3.8, 4) is 0 Å². The summed E-state index contributed by atoms with van der Waals surface area (Å²) in [6.07, 6.45) is 1.94. The molecule has 70 valence electrons. The lowest BCUT2D eigenvalue weighted by atomic mass is 10.1. The lowest BCUT2D eigenvalue weighted by Crippen LogP contribution is -2.25. The van der Waals surface area contributed by atoms with E-state index < -0.39 is 5.81 Å². The van der Waals surface area contributed by atoms with Crippen LogP contribution in [0.5, 0.6) is 0 Å². The molecule has 0 spiro atoms. The van der Waals surface area contributed by atoms with Gasteiger partial charge < -0.3 is 5.32 Å². The minimum atomic E-state index is -0.453. The fourth-order valence-corrected chi connectivity index (χ4v) is 2.32. The molecule has 1 N–H and O–H groups in total. The molecule has 1 aliphatic rings. The van der Waals surface area contributed by atoms with Crippen molar-refractivity contribution in [1.29, 1.82) is 0 Å². The first kappa shape index (κ1) is 9.78. The normalized spacial score (nSPS) is 19.1.